The smallest absolute Gasteiger partial charge is 0.239 e. The molecular weight excluding hydrogens is 380 g/mol. The fourth-order valence-corrected chi connectivity index (χ4v) is 2.60. The minimum atomic E-state index is -0.257. The lowest BCUT2D eigenvalue weighted by atomic mass is 10.2. The van der Waals surface area contributed by atoms with Crippen LogP contribution in [0.15, 0.2) is 53.3 Å². The number of alkyl halides is 1. The predicted molar refractivity (Wildman–Crippen MR) is 96.3 cm³/mol. The summed E-state index contributed by atoms with van der Waals surface area (Å²) in [6.45, 7) is 0. The number of aromatic nitrogens is 2. The van der Waals surface area contributed by atoms with Gasteiger partial charge < -0.3 is 10.6 Å². The third-order valence-electron chi connectivity index (χ3n) is 3.13. The molecule has 0 fully saturated rings. The molecule has 0 aliphatic carbocycles. The molecule has 3 rings (SSSR count). The molecule has 0 unspecified atom stereocenters. The highest BCUT2D eigenvalue weighted by molar-refractivity contribution is 9.10. The van der Waals surface area contributed by atoms with Crippen molar-refractivity contribution in [2.45, 2.75) is 0 Å². The van der Waals surface area contributed by atoms with Crippen LogP contribution in [0.2, 0.25) is 0 Å². The van der Waals surface area contributed by atoms with Crippen LogP contribution in [-0.2, 0) is 4.79 Å². The summed E-state index contributed by atoms with van der Waals surface area (Å²) in [7, 11) is 0. The van der Waals surface area contributed by atoms with E-state index in [2.05, 4.69) is 36.5 Å². The number of nitrogens with one attached hydrogen (secondary N) is 2. The van der Waals surface area contributed by atoms with E-state index in [4.69, 9.17) is 11.6 Å². The lowest BCUT2D eigenvalue weighted by Gasteiger charge is -2.10. The van der Waals surface area contributed by atoms with Gasteiger partial charge in [0.15, 0.2) is 0 Å². The first kappa shape index (κ1) is 15.7. The number of amides is 1. The van der Waals surface area contributed by atoms with E-state index < -0.39 is 0 Å². The highest BCUT2D eigenvalue weighted by Gasteiger charge is 2.07. The molecule has 1 heterocycles. The van der Waals surface area contributed by atoms with Gasteiger partial charge in [-0.15, -0.1) is 11.6 Å². The van der Waals surface area contributed by atoms with E-state index in [-0.39, 0.29) is 11.8 Å². The summed E-state index contributed by atoms with van der Waals surface area (Å²) in [5.41, 5.74) is 2.29. The zero-order valence-electron chi connectivity index (χ0n) is 11.9. The fourth-order valence-electron chi connectivity index (χ4n) is 2.13. The molecule has 0 saturated carbocycles. The summed E-state index contributed by atoms with van der Waals surface area (Å²) >= 11 is 8.94. The zero-order valence-corrected chi connectivity index (χ0v) is 14.2. The maximum absolute atomic E-state index is 11.4. The highest BCUT2D eigenvalue weighted by atomic mass is 79.9. The number of carbonyl (C=O) groups excluding carboxylic acids is 1. The van der Waals surface area contributed by atoms with Crippen LogP contribution in [0.4, 0.5) is 17.2 Å². The number of fused-ring (bicyclic) bond motifs is 1. The summed E-state index contributed by atoms with van der Waals surface area (Å²) < 4.78 is 0.979. The standard InChI is InChI=1S/C16H12BrClN4O/c17-10-2-1-3-11(6-10)22-16-13-5-4-12(21-15(23)8-18)7-14(13)19-9-20-16/h1-7,9H,8H2,(H,21,23)(H,19,20,22). The lowest BCUT2D eigenvalue weighted by Crippen LogP contribution is -2.12. The molecule has 0 atom stereocenters. The molecule has 2 N–H and O–H groups in total. The average molecular weight is 392 g/mol. The average Bonchev–Trinajstić information content (AvgIpc) is 2.55. The second-order valence-electron chi connectivity index (χ2n) is 4.77. The second kappa shape index (κ2) is 6.93. The number of hydrogen-bond donors (Lipinski definition) is 2. The number of anilines is 3. The van der Waals surface area contributed by atoms with Gasteiger partial charge in [-0.25, -0.2) is 9.97 Å². The minimum Gasteiger partial charge on any atom is -0.340 e. The zero-order chi connectivity index (χ0) is 16.2. The Kier molecular flexibility index (Phi) is 4.73. The van der Waals surface area contributed by atoms with Gasteiger partial charge in [-0.3, -0.25) is 4.79 Å². The van der Waals surface area contributed by atoms with Crippen molar-refractivity contribution in [3.05, 3.63) is 53.3 Å². The molecule has 0 aliphatic rings. The van der Waals surface area contributed by atoms with Crippen LogP contribution in [0.3, 0.4) is 0 Å². The van der Waals surface area contributed by atoms with E-state index in [1.807, 2.05) is 30.3 Å². The highest BCUT2D eigenvalue weighted by Crippen LogP contribution is 2.26. The Morgan fingerprint density at radius 3 is 2.78 bits per heavy atom. The molecular formula is C16H12BrClN4O. The maximum atomic E-state index is 11.4. The number of nitrogens with zero attached hydrogens (tertiary/aromatic N) is 2. The number of halogens is 2. The summed E-state index contributed by atoms with van der Waals surface area (Å²) in [5.74, 6) is 0.355. The minimum absolute atomic E-state index is 0.0858. The Bertz CT molecular complexity index is 872. The van der Waals surface area contributed by atoms with E-state index in [9.17, 15) is 4.79 Å². The number of rotatable bonds is 4. The molecule has 116 valence electrons. The third kappa shape index (κ3) is 3.78. The topological polar surface area (TPSA) is 66.9 Å². The molecule has 3 aromatic rings. The van der Waals surface area contributed by atoms with Crippen molar-refractivity contribution < 1.29 is 4.79 Å². The fraction of sp³-hybridized carbons (Fsp3) is 0.0625. The third-order valence-corrected chi connectivity index (χ3v) is 3.86. The Balaban J connectivity index is 1.94. The van der Waals surface area contributed by atoms with Crippen LogP contribution in [0.25, 0.3) is 10.9 Å². The van der Waals surface area contributed by atoms with Crippen molar-refractivity contribution in [2.24, 2.45) is 0 Å². The molecule has 1 amide bonds. The first-order chi connectivity index (χ1) is 11.2. The van der Waals surface area contributed by atoms with E-state index >= 15 is 0 Å². The molecule has 0 radical (unpaired) electrons. The molecule has 23 heavy (non-hydrogen) atoms. The Morgan fingerprint density at radius 1 is 1.13 bits per heavy atom. The van der Waals surface area contributed by atoms with Gasteiger partial charge in [0.1, 0.15) is 18.0 Å². The number of carbonyl (C=O) groups is 1. The number of benzene rings is 2. The van der Waals surface area contributed by atoms with Crippen LogP contribution in [0, 0.1) is 0 Å². The quantitative estimate of drug-likeness (QED) is 0.650. The molecule has 1 aromatic heterocycles. The monoisotopic (exact) mass is 390 g/mol. The van der Waals surface area contributed by atoms with E-state index in [1.54, 1.807) is 12.1 Å². The molecule has 5 nitrogen and oxygen atoms in total. The predicted octanol–water partition coefficient (Wildman–Crippen LogP) is 4.31. The van der Waals surface area contributed by atoms with Crippen molar-refractivity contribution in [2.75, 3.05) is 16.5 Å². The van der Waals surface area contributed by atoms with Crippen LogP contribution < -0.4 is 10.6 Å². The normalized spacial score (nSPS) is 10.5. The van der Waals surface area contributed by atoms with Gasteiger partial charge in [0.25, 0.3) is 0 Å². The summed E-state index contributed by atoms with van der Waals surface area (Å²) in [4.78, 5) is 19.9. The molecule has 2 aromatic carbocycles. The molecule has 0 saturated heterocycles. The summed E-state index contributed by atoms with van der Waals surface area (Å²) in [6, 6.07) is 13.2. The van der Waals surface area contributed by atoms with E-state index in [1.165, 1.54) is 6.33 Å². The van der Waals surface area contributed by atoms with Gasteiger partial charge in [-0.05, 0) is 36.4 Å². The van der Waals surface area contributed by atoms with Crippen molar-refractivity contribution in [1.82, 2.24) is 9.97 Å². The van der Waals surface area contributed by atoms with Crippen LogP contribution >= 0.6 is 27.5 Å². The van der Waals surface area contributed by atoms with E-state index in [0.29, 0.717) is 11.5 Å². The van der Waals surface area contributed by atoms with Gasteiger partial charge in [-0.1, -0.05) is 22.0 Å². The first-order valence-corrected chi connectivity index (χ1v) is 8.11. The Morgan fingerprint density at radius 2 is 2.00 bits per heavy atom. The largest absolute Gasteiger partial charge is 0.340 e. The van der Waals surface area contributed by atoms with Crippen LogP contribution in [0.5, 0.6) is 0 Å². The van der Waals surface area contributed by atoms with Gasteiger partial charge in [0.2, 0.25) is 5.91 Å². The van der Waals surface area contributed by atoms with Gasteiger partial charge >= 0.3 is 0 Å². The van der Waals surface area contributed by atoms with Crippen molar-refractivity contribution in [1.29, 1.82) is 0 Å². The first-order valence-electron chi connectivity index (χ1n) is 6.79. The molecule has 7 heteroatoms. The van der Waals surface area contributed by atoms with Crippen molar-refractivity contribution in [3.63, 3.8) is 0 Å². The van der Waals surface area contributed by atoms with Crippen LogP contribution in [0.1, 0.15) is 0 Å². The lowest BCUT2D eigenvalue weighted by molar-refractivity contribution is -0.113. The Hall–Kier alpha value is -2.18. The maximum Gasteiger partial charge on any atom is 0.239 e. The number of hydrogen-bond acceptors (Lipinski definition) is 4. The van der Waals surface area contributed by atoms with Gasteiger partial charge in [-0.2, -0.15) is 0 Å². The van der Waals surface area contributed by atoms with Crippen LogP contribution in [-0.4, -0.2) is 21.8 Å². The van der Waals surface area contributed by atoms with E-state index in [0.717, 1.165) is 21.1 Å². The SMILES string of the molecule is O=C(CCl)Nc1ccc2c(Nc3cccc(Br)c3)ncnc2c1. The van der Waals surface area contributed by atoms with Crippen molar-refractivity contribution >= 4 is 61.5 Å². The van der Waals surface area contributed by atoms with Gasteiger partial charge in [0, 0.05) is 21.2 Å². The Labute approximate surface area is 146 Å². The summed E-state index contributed by atoms with van der Waals surface area (Å²) in [5, 5.41) is 6.83. The van der Waals surface area contributed by atoms with Crippen molar-refractivity contribution in [3.8, 4) is 0 Å². The molecule has 0 spiro atoms. The second-order valence-corrected chi connectivity index (χ2v) is 5.95. The molecule has 0 aliphatic heterocycles. The molecule has 0 bridgehead atoms. The van der Waals surface area contributed by atoms with Gasteiger partial charge in [0.05, 0.1) is 5.52 Å². The summed E-state index contributed by atoms with van der Waals surface area (Å²) in [6.07, 6.45) is 1.48.